The summed E-state index contributed by atoms with van der Waals surface area (Å²) in [6, 6.07) is -0.412. The first kappa shape index (κ1) is 14.9. The normalized spacial score (nSPS) is 20.4. The average Bonchev–Trinajstić information content (AvgIpc) is 2.32. The van der Waals surface area contributed by atoms with Gasteiger partial charge in [0, 0.05) is 13.7 Å². The van der Waals surface area contributed by atoms with Crippen molar-refractivity contribution < 1.29 is 19.1 Å². The van der Waals surface area contributed by atoms with Crippen molar-refractivity contribution in [3.63, 3.8) is 0 Å². The Kier molecular flexibility index (Phi) is 6.07. The molecule has 1 N–H and O–H groups in total. The fourth-order valence-electron chi connectivity index (χ4n) is 1.79. The molecule has 1 rings (SSSR count). The van der Waals surface area contributed by atoms with Crippen LogP contribution in [0.5, 0.6) is 0 Å². The highest BCUT2D eigenvalue weighted by atomic mass is 16.5. The molecule has 2 amide bonds. The number of hydrogen-bond donors (Lipinski definition) is 1. The molecule has 1 saturated heterocycles. The molecular formula is C12H22N2O4. The Morgan fingerprint density at radius 1 is 1.33 bits per heavy atom. The summed E-state index contributed by atoms with van der Waals surface area (Å²) >= 11 is 0. The van der Waals surface area contributed by atoms with Gasteiger partial charge in [0.1, 0.15) is 6.04 Å². The minimum absolute atomic E-state index is 0.0278. The molecule has 6 nitrogen and oxygen atoms in total. The van der Waals surface area contributed by atoms with Crippen molar-refractivity contribution in [2.75, 3.05) is 40.0 Å². The highest BCUT2D eigenvalue weighted by molar-refractivity contribution is 5.94. The number of methoxy groups -OCH3 is 1. The van der Waals surface area contributed by atoms with Crippen LogP contribution in [0.1, 0.15) is 13.8 Å². The molecule has 0 spiro atoms. The van der Waals surface area contributed by atoms with E-state index in [-0.39, 0.29) is 24.3 Å². The molecule has 1 unspecified atom stereocenters. The highest BCUT2D eigenvalue weighted by Gasteiger charge is 2.33. The van der Waals surface area contributed by atoms with E-state index in [1.54, 1.807) is 12.0 Å². The fourth-order valence-corrected chi connectivity index (χ4v) is 1.79. The van der Waals surface area contributed by atoms with E-state index in [2.05, 4.69) is 5.32 Å². The number of carbonyl (C=O) groups is 2. The monoisotopic (exact) mass is 258 g/mol. The Hall–Kier alpha value is -1.14. The summed E-state index contributed by atoms with van der Waals surface area (Å²) in [5.41, 5.74) is 0. The predicted octanol–water partition coefficient (Wildman–Crippen LogP) is -0.368. The van der Waals surface area contributed by atoms with Crippen LogP contribution >= 0.6 is 0 Å². The van der Waals surface area contributed by atoms with Crippen LogP contribution in [0.2, 0.25) is 0 Å². The van der Waals surface area contributed by atoms with Crippen molar-refractivity contribution in [2.24, 2.45) is 5.92 Å². The van der Waals surface area contributed by atoms with Gasteiger partial charge in [0.2, 0.25) is 11.8 Å². The van der Waals surface area contributed by atoms with Crippen molar-refractivity contribution in [3.05, 3.63) is 0 Å². The van der Waals surface area contributed by atoms with Crippen LogP contribution in [0.25, 0.3) is 0 Å². The molecule has 0 bridgehead atoms. The summed E-state index contributed by atoms with van der Waals surface area (Å²) in [6.07, 6.45) is 0. The molecule has 6 heteroatoms. The molecule has 1 heterocycles. The van der Waals surface area contributed by atoms with Gasteiger partial charge in [-0.1, -0.05) is 13.8 Å². The van der Waals surface area contributed by atoms with Crippen LogP contribution < -0.4 is 5.32 Å². The maximum atomic E-state index is 12.1. The van der Waals surface area contributed by atoms with E-state index >= 15 is 0 Å². The zero-order valence-corrected chi connectivity index (χ0v) is 11.3. The Labute approximate surface area is 108 Å². The summed E-state index contributed by atoms with van der Waals surface area (Å²) in [5.74, 6) is -0.0382. The molecule has 1 atom stereocenters. The summed E-state index contributed by atoms with van der Waals surface area (Å²) in [6.45, 7) is 5.85. The van der Waals surface area contributed by atoms with Gasteiger partial charge < -0.3 is 19.7 Å². The Morgan fingerprint density at radius 3 is 2.67 bits per heavy atom. The van der Waals surface area contributed by atoms with Crippen LogP contribution in [0.4, 0.5) is 0 Å². The third-order valence-corrected chi connectivity index (χ3v) is 2.83. The average molecular weight is 258 g/mol. The van der Waals surface area contributed by atoms with Gasteiger partial charge in [-0.25, -0.2) is 0 Å². The summed E-state index contributed by atoms with van der Waals surface area (Å²) < 4.78 is 10.2. The van der Waals surface area contributed by atoms with Gasteiger partial charge in [0.15, 0.2) is 0 Å². The van der Waals surface area contributed by atoms with Crippen molar-refractivity contribution in [3.8, 4) is 0 Å². The molecular weight excluding hydrogens is 236 g/mol. The molecule has 1 aliphatic rings. The van der Waals surface area contributed by atoms with E-state index in [1.807, 2.05) is 13.8 Å². The minimum Gasteiger partial charge on any atom is -0.382 e. The van der Waals surface area contributed by atoms with Gasteiger partial charge in [-0.05, 0) is 5.92 Å². The second-order valence-corrected chi connectivity index (χ2v) is 4.65. The Balaban J connectivity index is 2.39. The van der Waals surface area contributed by atoms with Gasteiger partial charge in [0.05, 0.1) is 26.4 Å². The molecule has 18 heavy (non-hydrogen) atoms. The SMILES string of the molecule is COCCOCCN1CC(=O)NC(C(C)C)C1=O. The van der Waals surface area contributed by atoms with E-state index in [0.29, 0.717) is 26.4 Å². The number of ether oxygens (including phenoxy) is 2. The third kappa shape index (κ3) is 4.27. The molecule has 0 aromatic carbocycles. The van der Waals surface area contributed by atoms with Crippen molar-refractivity contribution in [1.82, 2.24) is 10.2 Å². The largest absolute Gasteiger partial charge is 0.382 e. The lowest BCUT2D eigenvalue weighted by Gasteiger charge is -2.34. The van der Waals surface area contributed by atoms with Crippen LogP contribution in [0, 0.1) is 5.92 Å². The molecule has 0 saturated carbocycles. The molecule has 0 aliphatic carbocycles. The summed E-state index contributed by atoms with van der Waals surface area (Å²) in [4.78, 5) is 25.1. The maximum Gasteiger partial charge on any atom is 0.245 e. The quantitative estimate of drug-likeness (QED) is 0.633. The van der Waals surface area contributed by atoms with Crippen LogP contribution in [0.3, 0.4) is 0 Å². The molecule has 0 aromatic rings. The summed E-state index contributed by atoms with van der Waals surface area (Å²) in [5, 5.41) is 2.72. The van der Waals surface area contributed by atoms with Crippen molar-refractivity contribution >= 4 is 11.8 Å². The van der Waals surface area contributed by atoms with Crippen molar-refractivity contribution in [1.29, 1.82) is 0 Å². The first-order chi connectivity index (χ1) is 8.56. The standard InChI is InChI=1S/C12H22N2O4/c1-9(2)11-12(16)14(8-10(15)13-11)4-5-18-7-6-17-3/h9,11H,4-8H2,1-3H3,(H,13,15). The minimum atomic E-state index is -0.412. The number of amides is 2. The van der Waals surface area contributed by atoms with Crippen LogP contribution in [-0.2, 0) is 19.1 Å². The van der Waals surface area contributed by atoms with E-state index in [9.17, 15) is 9.59 Å². The first-order valence-electron chi connectivity index (χ1n) is 6.21. The number of carbonyl (C=O) groups excluding carboxylic acids is 2. The van der Waals surface area contributed by atoms with Gasteiger partial charge in [-0.15, -0.1) is 0 Å². The van der Waals surface area contributed by atoms with Crippen LogP contribution in [-0.4, -0.2) is 62.8 Å². The zero-order chi connectivity index (χ0) is 13.5. The summed E-state index contributed by atoms with van der Waals surface area (Å²) in [7, 11) is 1.61. The van der Waals surface area contributed by atoms with E-state index < -0.39 is 6.04 Å². The van der Waals surface area contributed by atoms with E-state index in [0.717, 1.165) is 0 Å². The highest BCUT2D eigenvalue weighted by Crippen LogP contribution is 2.10. The Morgan fingerprint density at radius 2 is 2.06 bits per heavy atom. The second-order valence-electron chi connectivity index (χ2n) is 4.65. The lowest BCUT2D eigenvalue weighted by atomic mass is 10.0. The molecule has 0 radical (unpaired) electrons. The number of piperazine rings is 1. The molecule has 0 aromatic heterocycles. The van der Waals surface area contributed by atoms with Gasteiger partial charge in [-0.2, -0.15) is 0 Å². The first-order valence-corrected chi connectivity index (χ1v) is 6.21. The topological polar surface area (TPSA) is 67.9 Å². The lowest BCUT2D eigenvalue weighted by molar-refractivity contribution is -0.146. The van der Waals surface area contributed by atoms with Crippen LogP contribution in [0.15, 0.2) is 0 Å². The Bertz CT molecular complexity index is 294. The molecule has 1 aliphatic heterocycles. The number of hydrogen-bond acceptors (Lipinski definition) is 4. The lowest BCUT2D eigenvalue weighted by Crippen LogP contribution is -2.60. The molecule has 104 valence electrons. The maximum absolute atomic E-state index is 12.1. The zero-order valence-electron chi connectivity index (χ0n) is 11.3. The third-order valence-electron chi connectivity index (χ3n) is 2.83. The van der Waals surface area contributed by atoms with Crippen molar-refractivity contribution in [2.45, 2.75) is 19.9 Å². The number of rotatable bonds is 7. The van der Waals surface area contributed by atoms with Gasteiger partial charge in [-0.3, -0.25) is 9.59 Å². The molecule has 1 fully saturated rings. The predicted molar refractivity (Wildman–Crippen MR) is 66.0 cm³/mol. The van der Waals surface area contributed by atoms with E-state index in [1.165, 1.54) is 0 Å². The number of nitrogens with zero attached hydrogens (tertiary/aromatic N) is 1. The smallest absolute Gasteiger partial charge is 0.245 e. The van der Waals surface area contributed by atoms with Gasteiger partial charge in [0.25, 0.3) is 0 Å². The second kappa shape index (κ2) is 7.33. The van der Waals surface area contributed by atoms with E-state index in [4.69, 9.17) is 9.47 Å². The number of nitrogens with one attached hydrogen (secondary N) is 1. The fraction of sp³-hybridized carbons (Fsp3) is 0.833. The van der Waals surface area contributed by atoms with Gasteiger partial charge >= 0.3 is 0 Å².